The van der Waals surface area contributed by atoms with Crippen LogP contribution in [0.1, 0.15) is 23.0 Å². The molecule has 25 heavy (non-hydrogen) atoms. The van der Waals surface area contributed by atoms with Gasteiger partial charge in [0.2, 0.25) is 0 Å². The Morgan fingerprint density at radius 1 is 1.16 bits per heavy atom. The van der Waals surface area contributed by atoms with Crippen molar-refractivity contribution in [1.29, 1.82) is 0 Å². The summed E-state index contributed by atoms with van der Waals surface area (Å²) < 4.78 is 0. The summed E-state index contributed by atoms with van der Waals surface area (Å²) in [6, 6.07) is 9.45. The van der Waals surface area contributed by atoms with Gasteiger partial charge in [-0.3, -0.25) is 9.78 Å². The second-order valence-corrected chi connectivity index (χ2v) is 6.65. The first kappa shape index (κ1) is 17.7. The molecule has 0 spiro atoms. The van der Waals surface area contributed by atoms with E-state index in [4.69, 9.17) is 11.6 Å². The number of likely N-dealkylation sites (N-methyl/N-ethyl adjacent to an activating group) is 1. The molecular formula is C19H23ClN4O. The highest BCUT2D eigenvalue weighted by Crippen LogP contribution is 2.23. The van der Waals surface area contributed by atoms with E-state index in [9.17, 15) is 4.79 Å². The Balaban J connectivity index is 1.70. The summed E-state index contributed by atoms with van der Waals surface area (Å²) in [6.45, 7) is 8.47. The summed E-state index contributed by atoms with van der Waals surface area (Å²) in [5.74, 6) is -0.0126. The standard InChI is InChI=1S/C19H23ClN4O/c1-3-23-8-10-24(11-9-23)19(25)18-13-16(6-7-21-18)22-15-5-4-14(2)17(20)12-15/h4-7,12-13H,3,8-11H2,1-2H3,(H,21,22). The molecule has 132 valence electrons. The number of aryl methyl sites for hydroxylation is 1. The molecule has 1 aliphatic rings. The van der Waals surface area contributed by atoms with Crippen LogP contribution >= 0.6 is 11.6 Å². The molecule has 0 atom stereocenters. The van der Waals surface area contributed by atoms with E-state index in [1.54, 1.807) is 12.3 Å². The maximum absolute atomic E-state index is 12.7. The Morgan fingerprint density at radius 3 is 2.56 bits per heavy atom. The third-order valence-electron chi connectivity index (χ3n) is 4.55. The number of carbonyl (C=O) groups is 1. The summed E-state index contributed by atoms with van der Waals surface area (Å²) in [5.41, 5.74) is 3.21. The molecule has 1 amide bonds. The maximum atomic E-state index is 12.7. The molecule has 1 saturated heterocycles. The molecule has 5 nitrogen and oxygen atoms in total. The molecule has 1 aliphatic heterocycles. The monoisotopic (exact) mass is 358 g/mol. The van der Waals surface area contributed by atoms with Crippen LogP contribution < -0.4 is 5.32 Å². The summed E-state index contributed by atoms with van der Waals surface area (Å²) in [6.07, 6.45) is 1.66. The van der Waals surface area contributed by atoms with Crippen LogP contribution in [-0.2, 0) is 0 Å². The first-order valence-corrected chi connectivity index (χ1v) is 8.95. The van der Waals surface area contributed by atoms with E-state index in [1.165, 1.54) is 0 Å². The first-order chi connectivity index (χ1) is 12.1. The lowest BCUT2D eigenvalue weighted by molar-refractivity contribution is 0.0637. The smallest absolute Gasteiger partial charge is 0.272 e. The second-order valence-electron chi connectivity index (χ2n) is 6.25. The molecule has 3 rings (SSSR count). The van der Waals surface area contributed by atoms with Crippen LogP contribution in [0.4, 0.5) is 11.4 Å². The molecule has 0 saturated carbocycles. The van der Waals surface area contributed by atoms with E-state index < -0.39 is 0 Å². The van der Waals surface area contributed by atoms with Gasteiger partial charge in [0.15, 0.2) is 0 Å². The van der Waals surface area contributed by atoms with Crippen molar-refractivity contribution in [1.82, 2.24) is 14.8 Å². The number of carbonyl (C=O) groups excluding carboxylic acids is 1. The highest BCUT2D eigenvalue weighted by Gasteiger charge is 2.22. The number of pyridine rings is 1. The topological polar surface area (TPSA) is 48.5 Å². The summed E-state index contributed by atoms with van der Waals surface area (Å²) in [5, 5.41) is 4.00. The van der Waals surface area contributed by atoms with Crippen LogP contribution in [0, 0.1) is 6.92 Å². The van der Waals surface area contributed by atoms with Crippen LogP contribution in [0.15, 0.2) is 36.5 Å². The van der Waals surface area contributed by atoms with Crippen LogP contribution in [0.3, 0.4) is 0 Å². The molecule has 1 fully saturated rings. The van der Waals surface area contributed by atoms with E-state index >= 15 is 0 Å². The fraction of sp³-hybridized carbons (Fsp3) is 0.368. The Labute approximate surface area is 153 Å². The van der Waals surface area contributed by atoms with E-state index in [-0.39, 0.29) is 5.91 Å². The van der Waals surface area contributed by atoms with E-state index in [2.05, 4.69) is 22.1 Å². The lowest BCUT2D eigenvalue weighted by atomic mass is 10.2. The normalized spacial score (nSPS) is 15.2. The van der Waals surface area contributed by atoms with Crippen LogP contribution in [0.25, 0.3) is 0 Å². The predicted octanol–water partition coefficient (Wildman–Crippen LogP) is 3.56. The SMILES string of the molecule is CCN1CCN(C(=O)c2cc(Nc3ccc(C)c(Cl)c3)ccn2)CC1. The number of rotatable bonds is 4. The van der Waals surface area contributed by atoms with Gasteiger partial charge in [-0.2, -0.15) is 0 Å². The fourth-order valence-corrected chi connectivity index (χ4v) is 3.07. The van der Waals surface area contributed by atoms with Gasteiger partial charge in [0.25, 0.3) is 5.91 Å². The number of benzene rings is 1. The molecule has 0 bridgehead atoms. The van der Waals surface area contributed by atoms with E-state index in [1.807, 2.05) is 36.1 Å². The van der Waals surface area contributed by atoms with Crippen LogP contribution in [-0.4, -0.2) is 53.4 Å². The number of anilines is 2. The van der Waals surface area contributed by atoms with Crippen molar-refractivity contribution < 1.29 is 4.79 Å². The van der Waals surface area contributed by atoms with Crippen LogP contribution in [0.5, 0.6) is 0 Å². The van der Waals surface area contributed by atoms with Crippen molar-refractivity contribution in [3.05, 3.63) is 52.8 Å². The van der Waals surface area contributed by atoms with E-state index in [0.717, 1.165) is 49.7 Å². The van der Waals surface area contributed by atoms with Crippen molar-refractivity contribution in [2.24, 2.45) is 0 Å². The quantitative estimate of drug-likeness (QED) is 0.907. The molecule has 1 N–H and O–H groups in total. The van der Waals surface area contributed by atoms with Gasteiger partial charge < -0.3 is 15.1 Å². The minimum atomic E-state index is -0.0126. The zero-order valence-corrected chi connectivity index (χ0v) is 15.4. The van der Waals surface area contributed by atoms with Gasteiger partial charge in [-0.05, 0) is 43.3 Å². The average molecular weight is 359 g/mol. The lowest BCUT2D eigenvalue weighted by Crippen LogP contribution is -2.48. The maximum Gasteiger partial charge on any atom is 0.272 e. The first-order valence-electron chi connectivity index (χ1n) is 8.57. The number of halogens is 1. The number of nitrogens with zero attached hydrogens (tertiary/aromatic N) is 3. The molecule has 1 aromatic carbocycles. The van der Waals surface area contributed by atoms with Crippen molar-refractivity contribution in [3.63, 3.8) is 0 Å². The Bertz CT molecular complexity index is 757. The minimum Gasteiger partial charge on any atom is -0.355 e. The zero-order chi connectivity index (χ0) is 17.8. The molecule has 2 heterocycles. The van der Waals surface area contributed by atoms with E-state index in [0.29, 0.717) is 10.7 Å². The van der Waals surface area contributed by atoms with Gasteiger partial charge in [0.1, 0.15) is 5.69 Å². The van der Waals surface area contributed by atoms with Gasteiger partial charge in [0, 0.05) is 48.8 Å². The number of nitrogens with one attached hydrogen (secondary N) is 1. The molecule has 1 aromatic heterocycles. The number of hydrogen-bond acceptors (Lipinski definition) is 4. The largest absolute Gasteiger partial charge is 0.355 e. The summed E-state index contributed by atoms with van der Waals surface area (Å²) in [7, 11) is 0. The highest BCUT2D eigenvalue weighted by molar-refractivity contribution is 6.31. The molecule has 0 aliphatic carbocycles. The molecular weight excluding hydrogens is 336 g/mol. The Hall–Kier alpha value is -2.11. The van der Waals surface area contributed by atoms with Gasteiger partial charge in [-0.15, -0.1) is 0 Å². The van der Waals surface area contributed by atoms with Crippen LogP contribution in [0.2, 0.25) is 5.02 Å². The Kier molecular flexibility index (Phi) is 5.56. The van der Waals surface area contributed by atoms with Crippen molar-refractivity contribution in [2.45, 2.75) is 13.8 Å². The molecule has 0 unspecified atom stereocenters. The van der Waals surface area contributed by atoms with Gasteiger partial charge in [-0.1, -0.05) is 24.6 Å². The summed E-state index contributed by atoms with van der Waals surface area (Å²) in [4.78, 5) is 21.2. The van der Waals surface area contributed by atoms with Gasteiger partial charge >= 0.3 is 0 Å². The lowest BCUT2D eigenvalue weighted by Gasteiger charge is -2.33. The van der Waals surface area contributed by atoms with Gasteiger partial charge in [-0.25, -0.2) is 0 Å². The Morgan fingerprint density at radius 2 is 1.88 bits per heavy atom. The molecule has 2 aromatic rings. The van der Waals surface area contributed by atoms with Gasteiger partial charge in [0.05, 0.1) is 0 Å². The number of hydrogen-bond donors (Lipinski definition) is 1. The number of aromatic nitrogens is 1. The zero-order valence-electron chi connectivity index (χ0n) is 14.6. The minimum absolute atomic E-state index is 0.0126. The number of amides is 1. The third-order valence-corrected chi connectivity index (χ3v) is 4.95. The van der Waals surface area contributed by atoms with Crippen molar-refractivity contribution >= 4 is 28.9 Å². The number of piperazine rings is 1. The third kappa shape index (κ3) is 4.30. The highest BCUT2D eigenvalue weighted by atomic mass is 35.5. The average Bonchev–Trinajstić information content (AvgIpc) is 2.64. The second kappa shape index (κ2) is 7.85. The molecule has 0 radical (unpaired) electrons. The van der Waals surface area contributed by atoms with Crippen molar-refractivity contribution in [3.8, 4) is 0 Å². The summed E-state index contributed by atoms with van der Waals surface area (Å²) >= 11 is 6.17. The predicted molar refractivity (Wildman–Crippen MR) is 102 cm³/mol. The fourth-order valence-electron chi connectivity index (χ4n) is 2.89. The molecule has 6 heteroatoms. The van der Waals surface area contributed by atoms with Crippen molar-refractivity contribution in [2.75, 3.05) is 38.0 Å².